The Kier molecular flexibility index (Phi) is 1.68. The molecule has 0 amide bonds. The Labute approximate surface area is 56.0 Å². The second-order valence-electron chi connectivity index (χ2n) is 1.57. The molecule has 0 spiro atoms. The molecule has 0 radical (unpaired) electrons. The molecule has 0 saturated heterocycles. The lowest BCUT2D eigenvalue weighted by Gasteiger charge is -1.75. The topological polar surface area (TPSA) is 26.0 Å². The SMILES string of the molecule is Cc1cc(CBr)on1. The van der Waals surface area contributed by atoms with E-state index in [1.165, 1.54) is 0 Å². The minimum atomic E-state index is 0.744. The molecule has 3 heteroatoms. The van der Waals surface area contributed by atoms with Crippen LogP contribution in [0, 0.1) is 6.92 Å². The van der Waals surface area contributed by atoms with Crippen molar-refractivity contribution in [3.05, 3.63) is 17.5 Å². The molecule has 0 N–H and O–H groups in total. The van der Waals surface area contributed by atoms with Crippen molar-refractivity contribution in [2.75, 3.05) is 0 Å². The Bertz CT molecular complexity index is 173. The molecule has 0 fully saturated rings. The van der Waals surface area contributed by atoms with E-state index in [1.54, 1.807) is 0 Å². The van der Waals surface area contributed by atoms with Gasteiger partial charge in [0, 0.05) is 6.07 Å². The number of rotatable bonds is 1. The van der Waals surface area contributed by atoms with Gasteiger partial charge < -0.3 is 4.52 Å². The van der Waals surface area contributed by atoms with Crippen LogP contribution in [0.2, 0.25) is 0 Å². The van der Waals surface area contributed by atoms with E-state index in [9.17, 15) is 0 Å². The average molecular weight is 176 g/mol. The van der Waals surface area contributed by atoms with Gasteiger partial charge in [0.25, 0.3) is 0 Å². The van der Waals surface area contributed by atoms with Crippen molar-refractivity contribution in [3.8, 4) is 0 Å². The van der Waals surface area contributed by atoms with Gasteiger partial charge in [-0.3, -0.25) is 0 Å². The molecule has 0 atom stereocenters. The van der Waals surface area contributed by atoms with Crippen LogP contribution >= 0.6 is 15.9 Å². The van der Waals surface area contributed by atoms with Gasteiger partial charge in [0.2, 0.25) is 0 Å². The summed E-state index contributed by atoms with van der Waals surface area (Å²) >= 11 is 3.24. The van der Waals surface area contributed by atoms with E-state index in [0.29, 0.717) is 0 Å². The zero-order valence-corrected chi connectivity index (χ0v) is 6.10. The van der Waals surface area contributed by atoms with E-state index in [-0.39, 0.29) is 0 Å². The first-order valence-electron chi connectivity index (χ1n) is 2.31. The molecular weight excluding hydrogens is 170 g/mol. The van der Waals surface area contributed by atoms with Crippen LogP contribution in [0.25, 0.3) is 0 Å². The number of nitrogens with zero attached hydrogens (tertiary/aromatic N) is 1. The van der Waals surface area contributed by atoms with Crippen LogP contribution < -0.4 is 0 Å². The summed E-state index contributed by atoms with van der Waals surface area (Å²) in [4.78, 5) is 0. The van der Waals surface area contributed by atoms with Gasteiger partial charge in [0.1, 0.15) is 5.76 Å². The van der Waals surface area contributed by atoms with Gasteiger partial charge in [-0.05, 0) is 6.92 Å². The zero-order valence-electron chi connectivity index (χ0n) is 4.52. The Balaban J connectivity index is 2.84. The fourth-order valence-electron chi connectivity index (χ4n) is 0.479. The standard InChI is InChI=1S/C5H6BrNO/c1-4-2-5(3-6)8-7-4/h2H,3H2,1H3. The van der Waals surface area contributed by atoms with E-state index in [1.807, 2.05) is 13.0 Å². The predicted molar refractivity (Wildman–Crippen MR) is 33.9 cm³/mol. The second-order valence-corrected chi connectivity index (χ2v) is 2.13. The minimum absolute atomic E-state index is 0.744. The lowest BCUT2D eigenvalue weighted by molar-refractivity contribution is 0.391. The second kappa shape index (κ2) is 2.31. The maximum atomic E-state index is 4.82. The largest absolute Gasteiger partial charge is 0.360 e. The normalized spacial score (nSPS) is 9.75. The zero-order chi connectivity index (χ0) is 5.98. The quantitative estimate of drug-likeness (QED) is 0.610. The third kappa shape index (κ3) is 1.10. The minimum Gasteiger partial charge on any atom is -0.360 e. The molecule has 0 aromatic carbocycles. The Morgan fingerprint density at radius 1 is 1.88 bits per heavy atom. The van der Waals surface area contributed by atoms with E-state index in [4.69, 9.17) is 4.52 Å². The molecule has 1 rings (SSSR count). The molecule has 0 aliphatic rings. The van der Waals surface area contributed by atoms with E-state index in [0.717, 1.165) is 16.8 Å². The van der Waals surface area contributed by atoms with Crippen LogP contribution in [-0.4, -0.2) is 5.16 Å². The van der Waals surface area contributed by atoms with Gasteiger partial charge in [0.15, 0.2) is 0 Å². The van der Waals surface area contributed by atoms with Gasteiger partial charge >= 0.3 is 0 Å². The van der Waals surface area contributed by atoms with Crippen molar-refractivity contribution in [2.45, 2.75) is 12.3 Å². The first kappa shape index (κ1) is 5.82. The summed E-state index contributed by atoms with van der Waals surface area (Å²) in [5, 5.41) is 4.43. The van der Waals surface area contributed by atoms with E-state index >= 15 is 0 Å². The Morgan fingerprint density at radius 3 is 2.88 bits per heavy atom. The average Bonchev–Trinajstić information content (AvgIpc) is 2.14. The third-order valence-electron chi connectivity index (χ3n) is 0.808. The molecule has 1 aromatic rings. The van der Waals surface area contributed by atoms with Crippen molar-refractivity contribution in [1.82, 2.24) is 5.16 Å². The molecule has 0 bridgehead atoms. The van der Waals surface area contributed by atoms with Crippen LogP contribution in [-0.2, 0) is 5.33 Å². The van der Waals surface area contributed by atoms with Crippen LogP contribution in [0.3, 0.4) is 0 Å². The number of aromatic nitrogens is 1. The molecule has 0 aliphatic heterocycles. The molecule has 0 saturated carbocycles. The van der Waals surface area contributed by atoms with Crippen molar-refractivity contribution in [2.24, 2.45) is 0 Å². The summed E-state index contributed by atoms with van der Waals surface area (Å²) < 4.78 is 4.82. The monoisotopic (exact) mass is 175 g/mol. The maximum absolute atomic E-state index is 4.82. The number of halogens is 1. The van der Waals surface area contributed by atoms with E-state index < -0.39 is 0 Å². The third-order valence-corrected chi connectivity index (χ3v) is 1.36. The smallest absolute Gasteiger partial charge is 0.147 e. The summed E-state index contributed by atoms with van der Waals surface area (Å²) in [6.45, 7) is 1.90. The number of hydrogen-bond donors (Lipinski definition) is 0. The number of hydrogen-bond acceptors (Lipinski definition) is 2. The lowest BCUT2D eigenvalue weighted by Crippen LogP contribution is -1.63. The lowest BCUT2D eigenvalue weighted by atomic mass is 10.4. The maximum Gasteiger partial charge on any atom is 0.147 e. The highest BCUT2D eigenvalue weighted by atomic mass is 79.9. The Morgan fingerprint density at radius 2 is 2.62 bits per heavy atom. The number of aryl methyl sites for hydroxylation is 1. The highest BCUT2D eigenvalue weighted by molar-refractivity contribution is 9.08. The summed E-state index contributed by atoms with van der Waals surface area (Å²) in [6, 6.07) is 1.90. The highest BCUT2D eigenvalue weighted by Crippen LogP contribution is 2.05. The predicted octanol–water partition coefficient (Wildman–Crippen LogP) is 1.88. The molecule has 44 valence electrons. The van der Waals surface area contributed by atoms with Crippen molar-refractivity contribution in [3.63, 3.8) is 0 Å². The van der Waals surface area contributed by atoms with Gasteiger partial charge in [-0.25, -0.2) is 0 Å². The van der Waals surface area contributed by atoms with Crippen molar-refractivity contribution in [1.29, 1.82) is 0 Å². The first-order chi connectivity index (χ1) is 3.83. The molecule has 2 nitrogen and oxygen atoms in total. The molecule has 1 aromatic heterocycles. The van der Waals surface area contributed by atoms with Gasteiger partial charge in [0.05, 0.1) is 11.0 Å². The summed E-state index contributed by atoms with van der Waals surface area (Å²) in [5.41, 5.74) is 0.930. The van der Waals surface area contributed by atoms with Gasteiger partial charge in [-0.2, -0.15) is 0 Å². The van der Waals surface area contributed by atoms with Crippen LogP contribution in [0.1, 0.15) is 11.5 Å². The van der Waals surface area contributed by atoms with Crippen LogP contribution in [0.4, 0.5) is 0 Å². The molecule has 0 aliphatic carbocycles. The van der Waals surface area contributed by atoms with Crippen molar-refractivity contribution >= 4 is 15.9 Å². The summed E-state index contributed by atoms with van der Waals surface area (Å²) in [6.07, 6.45) is 0. The van der Waals surface area contributed by atoms with Crippen molar-refractivity contribution < 1.29 is 4.52 Å². The molecule has 8 heavy (non-hydrogen) atoms. The van der Waals surface area contributed by atoms with Crippen LogP contribution in [0.5, 0.6) is 0 Å². The molecular formula is C5H6BrNO. The first-order valence-corrected chi connectivity index (χ1v) is 3.43. The summed E-state index contributed by atoms with van der Waals surface area (Å²) in [5.74, 6) is 0.877. The highest BCUT2D eigenvalue weighted by Gasteiger charge is 1.94. The summed E-state index contributed by atoms with van der Waals surface area (Å²) in [7, 11) is 0. The Hall–Kier alpha value is -0.310. The van der Waals surface area contributed by atoms with E-state index in [2.05, 4.69) is 21.1 Å². The number of alkyl halides is 1. The fourth-order valence-corrected chi connectivity index (χ4v) is 0.744. The van der Waals surface area contributed by atoms with Gasteiger partial charge in [-0.1, -0.05) is 21.1 Å². The van der Waals surface area contributed by atoms with Crippen LogP contribution in [0.15, 0.2) is 10.6 Å². The molecule has 0 unspecified atom stereocenters. The molecule has 1 heterocycles. The fraction of sp³-hybridized carbons (Fsp3) is 0.400. The van der Waals surface area contributed by atoms with Gasteiger partial charge in [-0.15, -0.1) is 0 Å².